The van der Waals surface area contributed by atoms with Gasteiger partial charge in [-0.2, -0.15) is 18.3 Å². The minimum Gasteiger partial charge on any atom is -0.338 e. The lowest BCUT2D eigenvalue weighted by Gasteiger charge is -2.29. The second-order valence-corrected chi connectivity index (χ2v) is 6.71. The SMILES string of the molecule is C=CN(/C=N\N)c1cc(C(=O)NC(C)(C)C(F)(F)F)cc(-c2ccc(F)cc2)c1.[HH]. The van der Waals surface area contributed by atoms with Crippen molar-refractivity contribution in [2.24, 2.45) is 10.9 Å². The lowest BCUT2D eigenvalue weighted by atomic mass is 9.99. The molecule has 0 saturated heterocycles. The zero-order chi connectivity index (χ0) is 21.8. The molecule has 29 heavy (non-hydrogen) atoms. The van der Waals surface area contributed by atoms with E-state index in [2.05, 4.69) is 11.7 Å². The molecular weight excluding hydrogens is 388 g/mol. The Morgan fingerprint density at radius 1 is 1.17 bits per heavy atom. The molecule has 5 nitrogen and oxygen atoms in total. The number of nitrogens with zero attached hydrogens (tertiary/aromatic N) is 2. The summed E-state index contributed by atoms with van der Waals surface area (Å²) in [5.74, 6) is 3.80. The van der Waals surface area contributed by atoms with Crippen molar-refractivity contribution < 1.29 is 23.8 Å². The Bertz CT molecular complexity index is 927. The molecule has 0 aromatic heterocycles. The Balaban J connectivity index is 0.00000450. The van der Waals surface area contributed by atoms with E-state index in [1.165, 1.54) is 53.8 Å². The van der Waals surface area contributed by atoms with Gasteiger partial charge in [-0.15, -0.1) is 0 Å². The first kappa shape index (κ1) is 21.9. The molecule has 0 aliphatic rings. The Kier molecular flexibility index (Phi) is 6.31. The Morgan fingerprint density at radius 3 is 2.31 bits per heavy atom. The third-order valence-electron chi connectivity index (χ3n) is 4.18. The van der Waals surface area contributed by atoms with Crippen LogP contribution in [0.5, 0.6) is 0 Å². The van der Waals surface area contributed by atoms with E-state index in [1.54, 1.807) is 6.07 Å². The molecule has 0 atom stereocenters. The first-order valence-corrected chi connectivity index (χ1v) is 8.43. The molecule has 156 valence electrons. The van der Waals surface area contributed by atoms with Crippen LogP contribution in [-0.4, -0.2) is 24.0 Å². The number of anilines is 1. The predicted molar refractivity (Wildman–Crippen MR) is 107 cm³/mol. The van der Waals surface area contributed by atoms with Gasteiger partial charge in [0.15, 0.2) is 0 Å². The van der Waals surface area contributed by atoms with Gasteiger partial charge in [0, 0.05) is 18.9 Å². The van der Waals surface area contributed by atoms with Crippen molar-refractivity contribution in [3.8, 4) is 11.1 Å². The van der Waals surface area contributed by atoms with Crippen molar-refractivity contribution in [1.29, 1.82) is 0 Å². The Morgan fingerprint density at radius 2 is 1.79 bits per heavy atom. The normalized spacial score (nSPS) is 12.1. The quantitative estimate of drug-likeness (QED) is 0.239. The van der Waals surface area contributed by atoms with Gasteiger partial charge in [-0.1, -0.05) is 18.7 Å². The average Bonchev–Trinajstić information content (AvgIpc) is 2.65. The molecule has 2 aromatic rings. The van der Waals surface area contributed by atoms with Crippen molar-refractivity contribution in [1.82, 2.24) is 5.32 Å². The van der Waals surface area contributed by atoms with Crippen LogP contribution in [0.3, 0.4) is 0 Å². The van der Waals surface area contributed by atoms with Gasteiger partial charge in [-0.25, -0.2) is 4.39 Å². The first-order chi connectivity index (χ1) is 13.5. The molecule has 1 amide bonds. The fraction of sp³-hybridized carbons (Fsp3) is 0.200. The number of rotatable bonds is 6. The second-order valence-electron chi connectivity index (χ2n) is 6.71. The predicted octanol–water partition coefficient (Wildman–Crippen LogP) is 4.66. The van der Waals surface area contributed by atoms with Crippen LogP contribution in [0.2, 0.25) is 0 Å². The van der Waals surface area contributed by atoms with Gasteiger partial charge in [0.05, 0.1) is 0 Å². The molecule has 0 spiro atoms. The fourth-order valence-electron chi connectivity index (χ4n) is 2.42. The number of alkyl halides is 3. The summed E-state index contributed by atoms with van der Waals surface area (Å²) < 4.78 is 52.7. The Labute approximate surface area is 167 Å². The molecule has 0 aliphatic carbocycles. The van der Waals surface area contributed by atoms with Crippen LogP contribution in [0.15, 0.2) is 60.3 Å². The van der Waals surface area contributed by atoms with Crippen LogP contribution >= 0.6 is 0 Å². The summed E-state index contributed by atoms with van der Waals surface area (Å²) in [5, 5.41) is 5.38. The van der Waals surface area contributed by atoms with Crippen LogP contribution in [0.1, 0.15) is 25.6 Å². The smallest absolute Gasteiger partial charge is 0.338 e. The number of benzene rings is 2. The number of amides is 1. The summed E-state index contributed by atoms with van der Waals surface area (Å²) in [7, 11) is 0. The highest BCUT2D eigenvalue weighted by Gasteiger charge is 2.48. The topological polar surface area (TPSA) is 70.7 Å². The van der Waals surface area contributed by atoms with Crippen molar-refractivity contribution in [2.45, 2.75) is 25.6 Å². The van der Waals surface area contributed by atoms with Gasteiger partial charge < -0.3 is 16.1 Å². The fourth-order valence-corrected chi connectivity index (χ4v) is 2.42. The summed E-state index contributed by atoms with van der Waals surface area (Å²) in [6.07, 6.45) is -2.06. The maximum absolute atomic E-state index is 13.2. The van der Waals surface area contributed by atoms with Gasteiger partial charge in [0.2, 0.25) is 0 Å². The van der Waals surface area contributed by atoms with E-state index < -0.39 is 23.4 Å². The molecule has 0 bridgehead atoms. The molecule has 3 N–H and O–H groups in total. The van der Waals surface area contributed by atoms with E-state index in [0.29, 0.717) is 16.8 Å². The van der Waals surface area contributed by atoms with E-state index >= 15 is 0 Å². The van der Waals surface area contributed by atoms with Crippen LogP contribution < -0.4 is 16.1 Å². The largest absolute Gasteiger partial charge is 0.410 e. The van der Waals surface area contributed by atoms with Gasteiger partial charge in [0.25, 0.3) is 5.91 Å². The van der Waals surface area contributed by atoms with Gasteiger partial charge in [0.1, 0.15) is 17.7 Å². The van der Waals surface area contributed by atoms with Crippen molar-refractivity contribution in [2.75, 3.05) is 4.90 Å². The third-order valence-corrected chi connectivity index (χ3v) is 4.18. The molecule has 2 aromatic carbocycles. The van der Waals surface area contributed by atoms with E-state index in [0.717, 1.165) is 13.8 Å². The average molecular weight is 410 g/mol. The lowest BCUT2D eigenvalue weighted by molar-refractivity contribution is -0.182. The molecule has 0 unspecified atom stereocenters. The molecule has 0 fully saturated rings. The number of hydrogen-bond donors (Lipinski definition) is 2. The van der Waals surface area contributed by atoms with Crippen LogP contribution in [0.4, 0.5) is 23.2 Å². The number of nitrogens with one attached hydrogen (secondary N) is 1. The number of carbonyl (C=O) groups excluding carboxylic acids is 1. The molecular formula is C20H22F4N4O. The summed E-state index contributed by atoms with van der Waals surface area (Å²) >= 11 is 0. The molecule has 0 heterocycles. The third kappa shape index (κ3) is 5.13. The standard InChI is InChI=1S/C20H20F4N4O.H2/c1-4-28(12-26-25)17-10-14(13-5-7-16(21)8-6-13)9-15(11-17)18(29)27-19(2,3)20(22,23)24;/h4-12H,1,25H2,2-3H3,(H,27,29);1H/b26-12-;. The summed E-state index contributed by atoms with van der Waals surface area (Å²) in [4.78, 5) is 14.0. The van der Waals surface area contributed by atoms with E-state index in [9.17, 15) is 22.4 Å². The molecule has 2 rings (SSSR count). The van der Waals surface area contributed by atoms with Crippen molar-refractivity contribution >= 4 is 17.9 Å². The number of nitrogens with two attached hydrogens (primary N) is 1. The highest BCUT2D eigenvalue weighted by Crippen LogP contribution is 2.31. The van der Waals surface area contributed by atoms with E-state index in [1.807, 2.05) is 5.32 Å². The highest BCUT2D eigenvalue weighted by molar-refractivity contribution is 5.98. The van der Waals surface area contributed by atoms with E-state index in [4.69, 9.17) is 5.84 Å². The number of carbonyl (C=O) groups is 1. The highest BCUT2D eigenvalue weighted by atomic mass is 19.4. The molecule has 9 heteroatoms. The number of halogens is 4. The molecule has 0 aliphatic heterocycles. The number of hydrazone groups is 1. The zero-order valence-electron chi connectivity index (χ0n) is 15.8. The molecule has 0 radical (unpaired) electrons. The van der Waals surface area contributed by atoms with Crippen LogP contribution in [-0.2, 0) is 0 Å². The number of hydrogen-bond acceptors (Lipinski definition) is 3. The zero-order valence-corrected chi connectivity index (χ0v) is 15.8. The monoisotopic (exact) mass is 410 g/mol. The lowest BCUT2D eigenvalue weighted by Crippen LogP contribution is -2.54. The van der Waals surface area contributed by atoms with Crippen LogP contribution in [0, 0.1) is 5.82 Å². The minimum atomic E-state index is -4.64. The maximum atomic E-state index is 13.2. The summed E-state index contributed by atoms with van der Waals surface area (Å²) in [5.41, 5.74) is -1.05. The van der Waals surface area contributed by atoms with Gasteiger partial charge in [-0.3, -0.25) is 4.79 Å². The maximum Gasteiger partial charge on any atom is 0.410 e. The molecule has 0 saturated carbocycles. The second kappa shape index (κ2) is 8.34. The van der Waals surface area contributed by atoms with Gasteiger partial charge >= 0.3 is 6.18 Å². The van der Waals surface area contributed by atoms with Crippen molar-refractivity contribution in [3.05, 3.63) is 66.6 Å². The minimum absolute atomic E-state index is 0. The van der Waals surface area contributed by atoms with Gasteiger partial charge in [-0.05, 0) is 55.3 Å². The van der Waals surface area contributed by atoms with E-state index in [-0.39, 0.29) is 6.99 Å². The summed E-state index contributed by atoms with van der Waals surface area (Å²) in [6, 6.07) is 9.89. The van der Waals surface area contributed by atoms with Crippen molar-refractivity contribution in [3.63, 3.8) is 0 Å². The Hall–Kier alpha value is -3.36. The summed E-state index contributed by atoms with van der Waals surface area (Å²) in [6.45, 7) is 5.35. The van der Waals surface area contributed by atoms with Crippen LogP contribution in [0.25, 0.3) is 11.1 Å². The first-order valence-electron chi connectivity index (χ1n) is 8.43.